The van der Waals surface area contributed by atoms with Gasteiger partial charge in [0.05, 0.1) is 12.7 Å². The Bertz CT molecular complexity index is 259. The predicted octanol–water partition coefficient (Wildman–Crippen LogP) is -0.762. The summed E-state index contributed by atoms with van der Waals surface area (Å²) in [4.78, 5) is 10.3. The van der Waals surface area contributed by atoms with E-state index in [-0.39, 0.29) is 12.8 Å². The van der Waals surface area contributed by atoms with E-state index in [4.69, 9.17) is 15.3 Å². The summed E-state index contributed by atoms with van der Waals surface area (Å²) >= 11 is 0. The van der Waals surface area contributed by atoms with Crippen LogP contribution in [0.15, 0.2) is 0 Å². The summed E-state index contributed by atoms with van der Waals surface area (Å²) < 4.78 is 0. The summed E-state index contributed by atoms with van der Waals surface area (Å²) in [7, 11) is 0. The lowest BCUT2D eigenvalue weighted by Crippen LogP contribution is -2.45. The smallest absolute Gasteiger partial charge is 0.303 e. The van der Waals surface area contributed by atoms with E-state index in [1.165, 1.54) is 0 Å². The van der Waals surface area contributed by atoms with Crippen LogP contribution in [0.5, 0.6) is 0 Å². The maximum absolute atomic E-state index is 10.3. The lowest BCUT2D eigenvalue weighted by atomic mass is 9.98. The van der Waals surface area contributed by atoms with Crippen molar-refractivity contribution >= 4 is 5.97 Å². The van der Waals surface area contributed by atoms with Crippen LogP contribution >= 0.6 is 0 Å². The zero-order valence-corrected chi connectivity index (χ0v) is 11.6. The van der Waals surface area contributed by atoms with Crippen LogP contribution in [0.2, 0.25) is 0 Å². The topological polar surface area (TPSA) is 138 Å². The van der Waals surface area contributed by atoms with E-state index in [1.807, 2.05) is 0 Å². The molecule has 0 heterocycles. The van der Waals surface area contributed by atoms with Crippen molar-refractivity contribution in [2.45, 2.75) is 69.4 Å². The number of hydrogen-bond acceptors (Lipinski definition) is 6. The standard InChI is InChI=1S/C13H26O7/c14-8-10(16)13(20)12(19)9(15)6-4-2-1-3-5-7-11(17)18/h9-10,12-16,19-20H,1-8H2,(H,17,18)/t9-,10+,12+,13+/m0/s1. The van der Waals surface area contributed by atoms with E-state index in [0.717, 1.165) is 19.3 Å². The molecule has 0 aromatic rings. The molecular weight excluding hydrogens is 268 g/mol. The van der Waals surface area contributed by atoms with Crippen LogP contribution in [0.25, 0.3) is 0 Å². The Hall–Kier alpha value is -0.730. The van der Waals surface area contributed by atoms with Crippen LogP contribution in [0.3, 0.4) is 0 Å². The number of carbonyl (C=O) groups is 1. The molecule has 4 atom stereocenters. The fourth-order valence-corrected chi connectivity index (χ4v) is 1.89. The number of rotatable bonds is 12. The Morgan fingerprint density at radius 3 is 1.85 bits per heavy atom. The SMILES string of the molecule is O=C(O)CCCCCCC[C@H](O)[C@@H](O)[C@H](O)[C@H](O)CO. The summed E-state index contributed by atoms with van der Waals surface area (Å²) in [5.74, 6) is -0.806. The van der Waals surface area contributed by atoms with Gasteiger partial charge < -0.3 is 30.6 Å². The summed E-state index contributed by atoms with van der Waals surface area (Å²) in [6.45, 7) is -0.686. The molecule has 0 fully saturated rings. The van der Waals surface area contributed by atoms with E-state index in [1.54, 1.807) is 0 Å². The first-order valence-electron chi connectivity index (χ1n) is 6.95. The van der Waals surface area contributed by atoms with E-state index in [2.05, 4.69) is 0 Å². The zero-order chi connectivity index (χ0) is 15.5. The molecule has 0 aliphatic carbocycles. The lowest BCUT2D eigenvalue weighted by molar-refractivity contribution is -0.137. The van der Waals surface area contributed by atoms with E-state index in [9.17, 15) is 20.1 Å². The van der Waals surface area contributed by atoms with Crippen molar-refractivity contribution in [3.8, 4) is 0 Å². The highest BCUT2D eigenvalue weighted by molar-refractivity contribution is 5.66. The van der Waals surface area contributed by atoms with Crippen LogP contribution in [-0.2, 0) is 4.79 Å². The van der Waals surface area contributed by atoms with Crippen molar-refractivity contribution < 1.29 is 35.4 Å². The molecule has 0 rings (SSSR count). The minimum Gasteiger partial charge on any atom is -0.481 e. The Labute approximate surface area is 118 Å². The Morgan fingerprint density at radius 1 is 0.800 bits per heavy atom. The Kier molecular flexibility index (Phi) is 10.6. The number of unbranched alkanes of at least 4 members (excludes halogenated alkanes) is 4. The fraction of sp³-hybridized carbons (Fsp3) is 0.923. The molecule has 6 N–H and O–H groups in total. The molecule has 0 aliphatic rings. The van der Waals surface area contributed by atoms with Gasteiger partial charge in [-0.25, -0.2) is 0 Å². The monoisotopic (exact) mass is 294 g/mol. The van der Waals surface area contributed by atoms with Gasteiger partial charge in [0.25, 0.3) is 0 Å². The second-order valence-electron chi connectivity index (χ2n) is 5.00. The van der Waals surface area contributed by atoms with Gasteiger partial charge in [-0.15, -0.1) is 0 Å². The molecular formula is C13H26O7. The summed E-state index contributed by atoms with van der Waals surface area (Å²) in [5, 5.41) is 54.8. The molecule has 0 spiro atoms. The van der Waals surface area contributed by atoms with Gasteiger partial charge in [-0.3, -0.25) is 4.79 Å². The number of carboxylic acid groups (broad SMARTS) is 1. The molecule has 0 aliphatic heterocycles. The fourth-order valence-electron chi connectivity index (χ4n) is 1.89. The third-order valence-electron chi connectivity index (χ3n) is 3.22. The number of aliphatic hydroxyl groups is 5. The first-order chi connectivity index (χ1) is 9.40. The predicted molar refractivity (Wildman–Crippen MR) is 71.1 cm³/mol. The van der Waals surface area contributed by atoms with Crippen molar-refractivity contribution in [2.24, 2.45) is 0 Å². The van der Waals surface area contributed by atoms with Gasteiger partial charge in [-0.05, 0) is 12.8 Å². The van der Waals surface area contributed by atoms with Crippen molar-refractivity contribution in [1.82, 2.24) is 0 Å². The first-order valence-corrected chi connectivity index (χ1v) is 6.95. The highest BCUT2D eigenvalue weighted by Crippen LogP contribution is 2.13. The minimum absolute atomic E-state index is 0.159. The van der Waals surface area contributed by atoms with Crippen LogP contribution in [0.4, 0.5) is 0 Å². The second kappa shape index (κ2) is 11.0. The molecule has 0 amide bonds. The van der Waals surface area contributed by atoms with Gasteiger partial charge in [-0.1, -0.05) is 25.7 Å². The summed E-state index contributed by atoms with van der Waals surface area (Å²) in [6.07, 6.45) is -1.58. The number of carboxylic acids is 1. The van der Waals surface area contributed by atoms with Crippen LogP contribution in [0.1, 0.15) is 44.9 Å². The highest BCUT2D eigenvalue weighted by atomic mass is 16.4. The van der Waals surface area contributed by atoms with Crippen LogP contribution < -0.4 is 0 Å². The lowest BCUT2D eigenvalue weighted by Gasteiger charge is -2.25. The number of aliphatic hydroxyl groups excluding tert-OH is 5. The molecule has 120 valence electrons. The second-order valence-corrected chi connectivity index (χ2v) is 5.00. The summed E-state index contributed by atoms with van der Waals surface area (Å²) in [5.41, 5.74) is 0. The Morgan fingerprint density at radius 2 is 1.30 bits per heavy atom. The van der Waals surface area contributed by atoms with Crippen molar-refractivity contribution in [2.75, 3.05) is 6.61 Å². The highest BCUT2D eigenvalue weighted by Gasteiger charge is 2.29. The van der Waals surface area contributed by atoms with Gasteiger partial charge in [0, 0.05) is 6.42 Å². The molecule has 20 heavy (non-hydrogen) atoms. The summed E-state index contributed by atoms with van der Waals surface area (Å²) in [6, 6.07) is 0. The molecule has 0 saturated carbocycles. The molecule has 7 heteroatoms. The maximum atomic E-state index is 10.3. The van der Waals surface area contributed by atoms with Crippen LogP contribution in [0, 0.1) is 0 Å². The van der Waals surface area contributed by atoms with Crippen molar-refractivity contribution in [3.05, 3.63) is 0 Å². The minimum atomic E-state index is -1.58. The number of hydrogen-bond donors (Lipinski definition) is 6. The zero-order valence-electron chi connectivity index (χ0n) is 11.6. The molecule has 0 aromatic carbocycles. The Balaban J connectivity index is 3.66. The van der Waals surface area contributed by atoms with Crippen molar-refractivity contribution in [1.29, 1.82) is 0 Å². The van der Waals surface area contributed by atoms with Gasteiger partial charge in [-0.2, -0.15) is 0 Å². The third kappa shape index (κ3) is 8.44. The van der Waals surface area contributed by atoms with E-state index < -0.39 is 37.0 Å². The van der Waals surface area contributed by atoms with Gasteiger partial charge in [0.2, 0.25) is 0 Å². The van der Waals surface area contributed by atoms with E-state index in [0.29, 0.717) is 12.8 Å². The molecule has 0 unspecified atom stereocenters. The first kappa shape index (κ1) is 19.3. The van der Waals surface area contributed by atoms with Gasteiger partial charge >= 0.3 is 5.97 Å². The van der Waals surface area contributed by atoms with Crippen molar-refractivity contribution in [3.63, 3.8) is 0 Å². The van der Waals surface area contributed by atoms with E-state index >= 15 is 0 Å². The average molecular weight is 294 g/mol. The normalized spacial score (nSPS) is 17.4. The average Bonchev–Trinajstić information content (AvgIpc) is 2.43. The van der Waals surface area contributed by atoms with Gasteiger partial charge in [0.15, 0.2) is 0 Å². The largest absolute Gasteiger partial charge is 0.481 e. The number of aliphatic carboxylic acids is 1. The van der Waals surface area contributed by atoms with Gasteiger partial charge in [0.1, 0.15) is 18.3 Å². The molecule has 0 radical (unpaired) electrons. The quantitative estimate of drug-likeness (QED) is 0.260. The molecule has 0 saturated heterocycles. The molecule has 7 nitrogen and oxygen atoms in total. The van der Waals surface area contributed by atoms with Crippen LogP contribution in [-0.4, -0.2) is 67.6 Å². The molecule has 0 aromatic heterocycles. The third-order valence-corrected chi connectivity index (χ3v) is 3.22. The molecule has 0 bridgehead atoms. The maximum Gasteiger partial charge on any atom is 0.303 e.